The van der Waals surface area contributed by atoms with E-state index in [0.717, 1.165) is 19.1 Å². The quantitative estimate of drug-likeness (QED) is 0.887. The summed E-state index contributed by atoms with van der Waals surface area (Å²) >= 11 is 0. The van der Waals surface area contributed by atoms with Gasteiger partial charge in [-0.3, -0.25) is 5.10 Å². The molecule has 0 saturated carbocycles. The molecule has 120 valence electrons. The van der Waals surface area contributed by atoms with Crippen LogP contribution in [-0.2, 0) is 19.9 Å². The third-order valence-corrected chi connectivity index (χ3v) is 7.15. The summed E-state index contributed by atoms with van der Waals surface area (Å²) in [4.78, 5) is 0.0818. The average molecular weight is 335 g/mol. The van der Waals surface area contributed by atoms with Gasteiger partial charge in [-0.15, -0.1) is 0 Å². The van der Waals surface area contributed by atoms with Gasteiger partial charge >= 0.3 is 0 Å². The maximum atomic E-state index is 12.5. The summed E-state index contributed by atoms with van der Waals surface area (Å²) in [6.45, 7) is 3.67. The molecular formula is C12H21N3O4S2. The topological polar surface area (TPSA) is 100 Å². The molecule has 0 bridgehead atoms. The summed E-state index contributed by atoms with van der Waals surface area (Å²) in [5.41, 5.74) is 0.376. The van der Waals surface area contributed by atoms with Gasteiger partial charge in [-0.05, 0) is 26.7 Å². The Kier molecular flexibility index (Phi) is 4.46. The predicted molar refractivity (Wildman–Crippen MR) is 79.1 cm³/mol. The van der Waals surface area contributed by atoms with Crippen molar-refractivity contribution in [1.29, 1.82) is 0 Å². The molecule has 21 heavy (non-hydrogen) atoms. The molecule has 9 heteroatoms. The Hall–Kier alpha value is -0.930. The molecule has 0 aromatic carbocycles. The van der Waals surface area contributed by atoms with Crippen LogP contribution in [0.4, 0.5) is 0 Å². The van der Waals surface area contributed by atoms with Crippen LogP contribution in [0.5, 0.6) is 0 Å². The number of sulfone groups is 1. The summed E-state index contributed by atoms with van der Waals surface area (Å²) in [6, 6.07) is -0.488. The number of hydrogen-bond donors (Lipinski definition) is 1. The van der Waals surface area contributed by atoms with Crippen LogP contribution in [0.25, 0.3) is 0 Å². The predicted octanol–water partition coefficient (Wildman–Crippen LogP) is 1.08. The van der Waals surface area contributed by atoms with E-state index in [-0.39, 0.29) is 4.90 Å². The monoisotopic (exact) mass is 335 g/mol. The molecule has 1 atom stereocenters. The summed E-state index contributed by atoms with van der Waals surface area (Å²) < 4.78 is 50.0. The van der Waals surface area contributed by atoms with E-state index < -0.39 is 31.2 Å². The molecule has 0 unspecified atom stereocenters. The zero-order chi connectivity index (χ0) is 15.8. The van der Waals surface area contributed by atoms with E-state index in [4.69, 9.17) is 0 Å². The number of H-pyrrole nitrogens is 1. The maximum Gasteiger partial charge on any atom is 0.217 e. The lowest BCUT2D eigenvalue weighted by molar-refractivity contribution is 0.246. The Bertz CT molecular complexity index is 707. The second kappa shape index (κ2) is 5.69. The van der Waals surface area contributed by atoms with Crippen LogP contribution < -0.4 is 0 Å². The molecule has 0 spiro atoms. The molecule has 1 saturated heterocycles. The van der Waals surface area contributed by atoms with Gasteiger partial charge in [0.2, 0.25) is 10.0 Å². The summed E-state index contributed by atoms with van der Waals surface area (Å²) in [6.07, 6.45) is 4.59. The van der Waals surface area contributed by atoms with E-state index in [2.05, 4.69) is 10.2 Å². The van der Waals surface area contributed by atoms with Crippen LogP contribution in [0.2, 0.25) is 0 Å². The molecule has 0 radical (unpaired) electrons. The highest BCUT2D eigenvalue weighted by Crippen LogP contribution is 2.35. The van der Waals surface area contributed by atoms with Gasteiger partial charge in [0.25, 0.3) is 0 Å². The van der Waals surface area contributed by atoms with Gasteiger partial charge in [-0.1, -0.05) is 6.42 Å². The normalized spacial score (nSPS) is 21.8. The number of piperidine rings is 1. The van der Waals surface area contributed by atoms with E-state index in [9.17, 15) is 16.8 Å². The Morgan fingerprint density at radius 2 is 1.95 bits per heavy atom. The molecule has 2 rings (SSSR count). The van der Waals surface area contributed by atoms with Gasteiger partial charge in [0.1, 0.15) is 4.90 Å². The first-order valence-electron chi connectivity index (χ1n) is 6.89. The van der Waals surface area contributed by atoms with E-state index >= 15 is 0 Å². The Morgan fingerprint density at radius 3 is 2.52 bits per heavy atom. The fraction of sp³-hybridized carbons (Fsp3) is 0.750. The van der Waals surface area contributed by atoms with Crippen LogP contribution in [0.1, 0.15) is 44.8 Å². The molecule has 1 N–H and O–H groups in total. The van der Waals surface area contributed by atoms with Gasteiger partial charge < -0.3 is 0 Å². The zero-order valence-electron chi connectivity index (χ0n) is 12.4. The van der Waals surface area contributed by atoms with Crippen LogP contribution in [-0.4, -0.2) is 49.4 Å². The lowest BCUT2D eigenvalue weighted by Gasteiger charge is -2.35. The number of aromatic amines is 1. The Morgan fingerprint density at radius 1 is 1.29 bits per heavy atom. The van der Waals surface area contributed by atoms with Crippen LogP contribution in [0.15, 0.2) is 11.1 Å². The third kappa shape index (κ3) is 3.14. The minimum Gasteiger partial charge on any atom is -0.280 e. The lowest BCUT2D eigenvalue weighted by atomic mass is 10.0. The number of nitrogens with one attached hydrogen (secondary N) is 1. The smallest absolute Gasteiger partial charge is 0.217 e. The van der Waals surface area contributed by atoms with Crippen LogP contribution >= 0.6 is 0 Å². The Labute approximate surface area is 125 Å². The van der Waals surface area contributed by atoms with Crippen molar-refractivity contribution in [2.45, 2.75) is 49.3 Å². The number of sulfonamides is 1. The first-order valence-corrected chi connectivity index (χ1v) is 10.3. The first-order chi connectivity index (χ1) is 9.65. The van der Waals surface area contributed by atoms with Crippen molar-refractivity contribution >= 4 is 19.9 Å². The fourth-order valence-electron chi connectivity index (χ4n) is 2.59. The van der Waals surface area contributed by atoms with Crippen molar-refractivity contribution in [3.63, 3.8) is 0 Å². The number of hydrogen-bond acceptors (Lipinski definition) is 5. The summed E-state index contributed by atoms with van der Waals surface area (Å²) in [5.74, 6) is 0. The van der Waals surface area contributed by atoms with E-state index in [1.54, 1.807) is 13.8 Å². The van der Waals surface area contributed by atoms with Gasteiger partial charge in [0.15, 0.2) is 9.84 Å². The van der Waals surface area contributed by atoms with Gasteiger partial charge in [-0.2, -0.15) is 9.40 Å². The number of rotatable bonds is 4. The minimum absolute atomic E-state index is 0.0818. The number of aromatic nitrogens is 2. The van der Waals surface area contributed by atoms with Crippen LogP contribution in [0, 0.1) is 0 Å². The van der Waals surface area contributed by atoms with Crippen molar-refractivity contribution < 1.29 is 16.8 Å². The molecule has 0 amide bonds. The number of nitrogens with zero attached hydrogens (tertiary/aromatic N) is 2. The molecule has 1 aromatic rings. The molecular weight excluding hydrogens is 314 g/mol. The molecule has 1 aliphatic heterocycles. The second-order valence-corrected chi connectivity index (χ2v) is 10.1. The molecule has 1 aliphatic rings. The first kappa shape index (κ1) is 16.4. The average Bonchev–Trinajstić information content (AvgIpc) is 2.87. The van der Waals surface area contributed by atoms with Gasteiger partial charge in [0.05, 0.1) is 23.2 Å². The van der Waals surface area contributed by atoms with Crippen molar-refractivity contribution in [3.8, 4) is 0 Å². The Balaban J connectivity index is 2.49. The van der Waals surface area contributed by atoms with E-state index in [1.165, 1.54) is 10.5 Å². The van der Waals surface area contributed by atoms with Gasteiger partial charge in [0, 0.05) is 12.8 Å². The van der Waals surface area contributed by atoms with E-state index in [0.29, 0.717) is 18.7 Å². The van der Waals surface area contributed by atoms with Gasteiger partial charge in [-0.25, -0.2) is 16.8 Å². The van der Waals surface area contributed by atoms with Crippen molar-refractivity contribution in [2.75, 3.05) is 12.8 Å². The highest BCUT2D eigenvalue weighted by atomic mass is 32.2. The highest BCUT2D eigenvalue weighted by Gasteiger charge is 2.37. The fourth-order valence-corrected chi connectivity index (χ4v) is 4.90. The minimum atomic E-state index is -3.45. The highest BCUT2D eigenvalue weighted by molar-refractivity contribution is 7.90. The molecule has 2 heterocycles. The van der Waals surface area contributed by atoms with E-state index in [1.807, 2.05) is 0 Å². The summed E-state index contributed by atoms with van der Waals surface area (Å²) in [7, 11) is -6.89. The third-order valence-electron chi connectivity index (χ3n) is 3.74. The van der Waals surface area contributed by atoms with Crippen molar-refractivity contribution in [1.82, 2.24) is 14.5 Å². The molecule has 0 aliphatic carbocycles. The standard InChI is InChI=1S/C12H21N3O4S2/c1-9(2)21(18,19)15-7-5-4-6-10(15)12-11(8-13-14-12)20(3,16)17/h8-10H,4-7H2,1-3H3,(H,13,14)/t10-/m0/s1. The van der Waals surface area contributed by atoms with Crippen LogP contribution in [0.3, 0.4) is 0 Å². The van der Waals surface area contributed by atoms with Crippen molar-refractivity contribution in [3.05, 3.63) is 11.9 Å². The molecule has 1 fully saturated rings. The summed E-state index contributed by atoms with van der Waals surface area (Å²) in [5, 5.41) is 5.95. The second-order valence-electron chi connectivity index (χ2n) is 5.64. The SMILES string of the molecule is CC(C)S(=O)(=O)N1CCCC[C@H]1c1[nH]ncc1S(C)(=O)=O. The lowest BCUT2D eigenvalue weighted by Crippen LogP contribution is -2.42. The largest absolute Gasteiger partial charge is 0.280 e. The molecule has 7 nitrogen and oxygen atoms in total. The zero-order valence-corrected chi connectivity index (χ0v) is 14.0. The maximum absolute atomic E-state index is 12.5. The molecule has 1 aromatic heterocycles. The van der Waals surface area contributed by atoms with Crippen molar-refractivity contribution in [2.24, 2.45) is 0 Å².